The molecule has 2 spiro atoms. The van der Waals surface area contributed by atoms with Gasteiger partial charge in [-0.25, -0.2) is 0 Å². The van der Waals surface area contributed by atoms with Crippen molar-refractivity contribution in [1.82, 2.24) is 19.6 Å². The highest BCUT2D eigenvalue weighted by Gasteiger charge is 2.61. The molecule has 0 saturated carbocycles. The van der Waals surface area contributed by atoms with Gasteiger partial charge >= 0.3 is 0 Å². The van der Waals surface area contributed by atoms with Crippen molar-refractivity contribution in [3.05, 3.63) is 113 Å². The van der Waals surface area contributed by atoms with Gasteiger partial charge in [-0.05, 0) is 193 Å². The second-order valence-corrected chi connectivity index (χ2v) is 28.2. The summed E-state index contributed by atoms with van der Waals surface area (Å²) in [4.78, 5) is 9.40. The van der Waals surface area contributed by atoms with Crippen LogP contribution < -0.4 is 18.9 Å². The Hall–Kier alpha value is -6.68. The van der Waals surface area contributed by atoms with E-state index in [1.807, 2.05) is 13.8 Å². The smallest absolute Gasteiger partial charge is 0.189 e. The third kappa shape index (κ3) is 10.3. The molecule has 1 unspecified atom stereocenters. The monoisotopic (exact) mass is 1200 g/mol. The van der Waals surface area contributed by atoms with Crippen LogP contribution in [0.2, 0.25) is 0 Å². The van der Waals surface area contributed by atoms with Gasteiger partial charge in [0.2, 0.25) is 0 Å². The van der Waals surface area contributed by atoms with Crippen molar-refractivity contribution in [2.24, 2.45) is 0 Å². The normalized spacial score (nSPS) is 18.7. The predicted octanol–water partition coefficient (Wildman–Crippen LogP) is 15.1. The highest BCUT2D eigenvalue weighted by Crippen LogP contribution is 2.70. The molecule has 0 bridgehead atoms. The van der Waals surface area contributed by atoms with E-state index < -0.39 is 5.41 Å². The fourth-order valence-electron chi connectivity index (χ4n) is 17.1. The summed E-state index contributed by atoms with van der Waals surface area (Å²) in [5, 5.41) is 65.0. The standard InChI is InChI=1S/C43H54N4O4.C31H46N2O4/c1-13-46(14-2)21-29-35-31(17-33(48-11)37(29)49-12)41(7,8)23-43(35)24-42(9,10)32-18-34-38(30(36(32)43)22-47(15-3)16-4)51-40-28(20-45)26(6)25(5)27(19-44)39(40)50-34;1-9-32(10-2)15-19-25-21(13-23(34)27(19)36)29(5,6)17-31(25)18-30(7,8)22-14-24(35)28(37)20(26(22)31)16-33(11-3)12-4/h17-18H,13-16,21-24H2,1-12H3;13-14,34-37H,9-12,15-18H2,1-8H3. The first-order valence-corrected chi connectivity index (χ1v) is 32.4. The van der Waals surface area contributed by atoms with Crippen LogP contribution in [-0.4, -0.2) is 107 Å². The number of hydrogen-bond acceptors (Lipinski definition) is 14. The molecule has 14 nitrogen and oxygen atoms in total. The van der Waals surface area contributed by atoms with Gasteiger partial charge in [0, 0.05) is 59.3 Å². The highest BCUT2D eigenvalue weighted by molar-refractivity contribution is 5.76. The van der Waals surface area contributed by atoms with Crippen LogP contribution in [0.3, 0.4) is 0 Å². The Morgan fingerprint density at radius 3 is 1.11 bits per heavy atom. The molecule has 14 heteroatoms. The van der Waals surface area contributed by atoms with E-state index in [1.165, 1.54) is 27.8 Å². The summed E-state index contributed by atoms with van der Waals surface area (Å²) in [5.74, 6) is 3.26. The molecule has 1 heterocycles. The molecular weight excluding hydrogens is 1100 g/mol. The van der Waals surface area contributed by atoms with Crippen molar-refractivity contribution in [1.29, 1.82) is 10.5 Å². The first kappa shape index (κ1) is 65.8. The number of nitriles is 2. The van der Waals surface area contributed by atoms with Crippen molar-refractivity contribution in [3.8, 4) is 69.6 Å². The Balaban J connectivity index is 0.000000221. The van der Waals surface area contributed by atoms with E-state index >= 15 is 0 Å². The summed E-state index contributed by atoms with van der Waals surface area (Å²) in [6.45, 7) is 48.7. The number of fused-ring (bicyclic) bond motifs is 10. The zero-order valence-electron chi connectivity index (χ0n) is 56.7. The minimum atomic E-state index is -0.459. The lowest BCUT2D eigenvalue weighted by Crippen LogP contribution is -2.32. The molecule has 5 aliphatic rings. The summed E-state index contributed by atoms with van der Waals surface area (Å²) in [6, 6.07) is 12.6. The third-order valence-corrected chi connectivity index (χ3v) is 21.4. The zero-order chi connectivity index (χ0) is 64.7. The van der Waals surface area contributed by atoms with E-state index in [0.29, 0.717) is 53.8 Å². The molecule has 0 aromatic heterocycles. The Morgan fingerprint density at radius 1 is 0.443 bits per heavy atom. The van der Waals surface area contributed by atoms with Gasteiger partial charge in [0.05, 0.1) is 14.2 Å². The molecule has 0 saturated heterocycles. The maximum Gasteiger partial charge on any atom is 0.189 e. The molecule has 0 amide bonds. The predicted molar refractivity (Wildman–Crippen MR) is 350 cm³/mol. The number of methoxy groups -OCH3 is 2. The number of nitrogens with zero attached hydrogens (tertiary/aromatic N) is 6. The number of phenols is 4. The minimum absolute atomic E-state index is 0.0396. The van der Waals surface area contributed by atoms with Gasteiger partial charge in [-0.1, -0.05) is 111 Å². The van der Waals surface area contributed by atoms with E-state index in [2.05, 4.69) is 155 Å². The van der Waals surface area contributed by atoms with E-state index in [0.717, 1.165) is 146 Å². The van der Waals surface area contributed by atoms with Crippen LogP contribution in [0.25, 0.3) is 0 Å². The fraction of sp³-hybridized carbons (Fsp3) is 0.568. The Labute approximate surface area is 525 Å². The van der Waals surface area contributed by atoms with Crippen molar-refractivity contribution in [3.63, 3.8) is 0 Å². The number of aromatic hydroxyl groups is 4. The molecule has 1 atom stereocenters. The molecule has 4 aliphatic carbocycles. The van der Waals surface area contributed by atoms with Crippen molar-refractivity contribution in [2.75, 3.05) is 66.6 Å². The number of phenolic OH excluding ortho intramolecular Hbond substituents is 4. The molecule has 5 aromatic rings. The highest BCUT2D eigenvalue weighted by atomic mass is 16.6. The lowest BCUT2D eigenvalue weighted by molar-refractivity contribution is 0.277. The molecule has 0 fully saturated rings. The van der Waals surface area contributed by atoms with Crippen LogP contribution >= 0.6 is 0 Å². The molecular formula is C74H100N6O8. The Kier molecular flexibility index (Phi) is 17.9. The molecule has 4 N–H and O–H groups in total. The second kappa shape index (κ2) is 23.9. The van der Waals surface area contributed by atoms with Crippen molar-refractivity contribution in [2.45, 2.75) is 209 Å². The van der Waals surface area contributed by atoms with E-state index in [1.54, 1.807) is 26.4 Å². The van der Waals surface area contributed by atoms with E-state index in [4.69, 9.17) is 18.9 Å². The summed E-state index contributed by atoms with van der Waals surface area (Å²) in [5.41, 5.74) is 13.9. The quantitative estimate of drug-likeness (QED) is 0.0597. The van der Waals surface area contributed by atoms with Gasteiger partial charge in [0.15, 0.2) is 57.5 Å². The van der Waals surface area contributed by atoms with Crippen LogP contribution in [0, 0.1) is 36.5 Å². The summed E-state index contributed by atoms with van der Waals surface area (Å²) >= 11 is 0. The summed E-state index contributed by atoms with van der Waals surface area (Å²) in [7, 11) is 3.49. The fourth-order valence-corrected chi connectivity index (χ4v) is 17.1. The van der Waals surface area contributed by atoms with Gasteiger partial charge in [0.1, 0.15) is 23.3 Å². The van der Waals surface area contributed by atoms with E-state index in [9.17, 15) is 30.9 Å². The number of ether oxygens (including phenoxy) is 4. The topological polar surface area (TPSA) is 178 Å². The zero-order valence-corrected chi connectivity index (χ0v) is 56.7. The molecule has 88 heavy (non-hydrogen) atoms. The first-order valence-electron chi connectivity index (χ1n) is 32.4. The van der Waals surface area contributed by atoms with Gasteiger partial charge < -0.3 is 39.4 Å². The number of benzene rings is 5. The molecule has 1 aliphatic heterocycles. The van der Waals surface area contributed by atoms with Gasteiger partial charge in [-0.3, -0.25) is 19.6 Å². The Morgan fingerprint density at radius 2 is 0.761 bits per heavy atom. The maximum atomic E-state index is 11.3. The maximum absolute atomic E-state index is 11.3. The minimum Gasteiger partial charge on any atom is -0.504 e. The molecule has 10 rings (SSSR count). The largest absolute Gasteiger partial charge is 0.504 e. The van der Waals surface area contributed by atoms with Crippen LogP contribution in [0.15, 0.2) is 24.3 Å². The van der Waals surface area contributed by atoms with Crippen molar-refractivity contribution >= 4 is 0 Å². The number of hydrogen-bond donors (Lipinski definition) is 4. The SMILES string of the molecule is CCN(CC)Cc1c(O)c(O)cc2c1C1(CC2(C)C)CC(C)(C)c2cc(O)c(O)c(CN(CC)CC)c21.CCN(CC)Cc1c(OC)c(OC)cc2c1C1(CC2(C)C)CC(C)(C)c2cc3c(c(CN(CC)CC)c21)Oc1c(C#N)c(C)c(C)c(C#N)c1O3. The molecule has 0 radical (unpaired) electrons. The summed E-state index contributed by atoms with van der Waals surface area (Å²) in [6.07, 6.45) is 3.42. The third-order valence-electron chi connectivity index (χ3n) is 21.4. The second-order valence-electron chi connectivity index (χ2n) is 28.2. The van der Waals surface area contributed by atoms with Crippen LogP contribution in [0.1, 0.15) is 225 Å². The molecule has 5 aromatic carbocycles. The van der Waals surface area contributed by atoms with Crippen LogP contribution in [0.5, 0.6) is 57.5 Å². The van der Waals surface area contributed by atoms with Gasteiger partial charge in [-0.2, -0.15) is 10.5 Å². The molecule has 474 valence electrons. The summed E-state index contributed by atoms with van der Waals surface area (Å²) < 4.78 is 26.0. The number of rotatable bonds is 18. The van der Waals surface area contributed by atoms with Gasteiger partial charge in [-0.15, -0.1) is 0 Å². The average molecular weight is 1200 g/mol. The first-order chi connectivity index (χ1) is 41.5. The Bertz CT molecular complexity index is 3550. The lowest BCUT2D eigenvalue weighted by Gasteiger charge is -2.36. The van der Waals surface area contributed by atoms with E-state index in [-0.39, 0.29) is 50.1 Å². The van der Waals surface area contributed by atoms with Gasteiger partial charge in [0.25, 0.3) is 0 Å². The van der Waals surface area contributed by atoms with Crippen LogP contribution in [-0.2, 0) is 58.7 Å². The lowest BCUT2D eigenvalue weighted by atomic mass is 9.70. The van der Waals surface area contributed by atoms with Crippen molar-refractivity contribution < 1.29 is 39.4 Å². The average Bonchev–Trinajstić information content (AvgIpc) is 1.56. The van der Waals surface area contributed by atoms with Crippen LogP contribution in [0.4, 0.5) is 0 Å².